The maximum atomic E-state index is 13.6. The Hall–Kier alpha value is -1.58. The Morgan fingerprint density at radius 2 is 2.15 bits per heavy atom. The molecule has 110 valence electrons. The summed E-state index contributed by atoms with van der Waals surface area (Å²) in [4.78, 5) is 10.2. The Balaban J connectivity index is 3.02. The summed E-state index contributed by atoms with van der Waals surface area (Å²) in [5, 5.41) is 0. The molecule has 0 aromatic heterocycles. The molecule has 0 bridgehead atoms. The van der Waals surface area contributed by atoms with E-state index in [9.17, 15) is 17.6 Å². The topological polar surface area (TPSA) is 98.5 Å². The quantitative estimate of drug-likeness (QED) is 0.578. The van der Waals surface area contributed by atoms with Crippen LogP contribution in [0.25, 0.3) is 0 Å². The molecule has 0 saturated heterocycles. The average Bonchev–Trinajstić information content (AvgIpc) is 2.37. The van der Waals surface area contributed by atoms with E-state index in [0.29, 0.717) is 0 Å². The first-order chi connectivity index (χ1) is 9.29. The van der Waals surface area contributed by atoms with E-state index in [1.165, 1.54) is 19.2 Å². The van der Waals surface area contributed by atoms with E-state index in [2.05, 4.69) is 21.7 Å². The van der Waals surface area contributed by atoms with E-state index < -0.39 is 21.8 Å². The Morgan fingerprint density at radius 3 is 2.70 bits per heavy atom. The number of sulfonamides is 1. The number of benzene rings is 1. The summed E-state index contributed by atoms with van der Waals surface area (Å²) in [6.07, 6.45) is -0.145. The number of ether oxygens (including phenoxy) is 1. The number of hydrogen-bond donors (Lipinski definition) is 2. The monoisotopic (exact) mass is 320 g/mol. The van der Waals surface area contributed by atoms with E-state index in [1.807, 2.05) is 0 Å². The van der Waals surface area contributed by atoms with E-state index >= 15 is 0 Å². The molecule has 1 aromatic rings. The summed E-state index contributed by atoms with van der Waals surface area (Å²) in [5.41, 5.74) is 4.98. The Kier molecular flexibility index (Phi) is 5.54. The number of carbonyl (C=O) groups is 1. The van der Waals surface area contributed by atoms with Crippen LogP contribution in [0.4, 0.5) is 4.39 Å². The van der Waals surface area contributed by atoms with Gasteiger partial charge in [0, 0.05) is 6.54 Å². The van der Waals surface area contributed by atoms with Crippen LogP contribution in [-0.2, 0) is 19.6 Å². The molecule has 0 aliphatic heterocycles. The van der Waals surface area contributed by atoms with Crippen LogP contribution in [0.15, 0.2) is 23.1 Å². The molecule has 0 aliphatic rings. The van der Waals surface area contributed by atoms with Gasteiger partial charge in [-0.3, -0.25) is 4.79 Å². The number of nitrogens with two attached hydrogens (primary N) is 1. The average molecular weight is 320 g/mol. The van der Waals surface area contributed by atoms with Gasteiger partial charge in [0.25, 0.3) is 0 Å². The molecule has 1 rings (SSSR count). The molecule has 0 spiro atoms. The molecule has 6 nitrogen and oxygen atoms in total. The van der Waals surface area contributed by atoms with Crippen LogP contribution in [0.3, 0.4) is 0 Å². The summed E-state index contributed by atoms with van der Waals surface area (Å²) >= 11 is 4.65. The largest absolute Gasteiger partial charge is 0.469 e. The lowest BCUT2D eigenvalue weighted by atomic mass is 10.2. The van der Waals surface area contributed by atoms with Gasteiger partial charge in [-0.05, 0) is 12.1 Å². The van der Waals surface area contributed by atoms with Crippen molar-refractivity contribution in [3.05, 3.63) is 29.6 Å². The number of esters is 1. The van der Waals surface area contributed by atoms with Crippen molar-refractivity contribution in [3.8, 4) is 0 Å². The van der Waals surface area contributed by atoms with Gasteiger partial charge in [0.15, 0.2) is 0 Å². The number of thiocarbonyl (C=S) groups is 1. The highest BCUT2D eigenvalue weighted by atomic mass is 32.2. The second-order valence-corrected chi connectivity index (χ2v) is 5.88. The third-order valence-electron chi connectivity index (χ3n) is 2.36. The van der Waals surface area contributed by atoms with Crippen molar-refractivity contribution >= 4 is 33.2 Å². The summed E-state index contributed by atoms with van der Waals surface area (Å²) in [6, 6.07) is 3.46. The molecule has 3 N–H and O–H groups in total. The van der Waals surface area contributed by atoms with E-state index in [1.54, 1.807) is 0 Å². The van der Waals surface area contributed by atoms with Gasteiger partial charge < -0.3 is 10.5 Å². The first-order valence-electron chi connectivity index (χ1n) is 5.44. The first kappa shape index (κ1) is 16.5. The Bertz CT molecular complexity index is 631. The van der Waals surface area contributed by atoms with Crippen LogP contribution in [0, 0.1) is 5.82 Å². The minimum atomic E-state index is -4.03. The number of halogens is 1. The lowest BCUT2D eigenvalue weighted by molar-refractivity contribution is -0.140. The summed E-state index contributed by atoms with van der Waals surface area (Å²) in [6.45, 7) is -0.178. The minimum absolute atomic E-state index is 0.145. The van der Waals surface area contributed by atoms with Gasteiger partial charge in [0.1, 0.15) is 10.8 Å². The first-order valence-corrected chi connectivity index (χ1v) is 7.33. The number of rotatable bonds is 6. The third kappa shape index (κ3) is 3.95. The molecule has 0 amide bonds. The lowest BCUT2D eigenvalue weighted by Gasteiger charge is -2.11. The van der Waals surface area contributed by atoms with Crippen molar-refractivity contribution < 1.29 is 22.3 Å². The number of hydrogen-bond acceptors (Lipinski definition) is 5. The summed E-state index contributed by atoms with van der Waals surface area (Å²) < 4.78 is 44.2. The predicted molar refractivity (Wildman–Crippen MR) is 74.1 cm³/mol. The molecule has 0 unspecified atom stereocenters. The zero-order valence-electron chi connectivity index (χ0n) is 10.6. The molecule has 0 heterocycles. The highest BCUT2D eigenvalue weighted by molar-refractivity contribution is 7.89. The summed E-state index contributed by atoms with van der Waals surface area (Å²) in [7, 11) is -2.84. The normalized spacial score (nSPS) is 11.1. The van der Waals surface area contributed by atoms with Gasteiger partial charge in [-0.2, -0.15) is 0 Å². The molecule has 0 saturated carbocycles. The van der Waals surface area contributed by atoms with Crippen molar-refractivity contribution in [1.82, 2.24) is 4.72 Å². The van der Waals surface area contributed by atoms with Crippen molar-refractivity contribution in [3.63, 3.8) is 0 Å². The molecule has 0 fully saturated rings. The van der Waals surface area contributed by atoms with Crippen molar-refractivity contribution in [1.29, 1.82) is 0 Å². The zero-order valence-corrected chi connectivity index (χ0v) is 12.2. The van der Waals surface area contributed by atoms with Crippen molar-refractivity contribution in [2.24, 2.45) is 5.73 Å². The second kappa shape index (κ2) is 6.73. The van der Waals surface area contributed by atoms with Crippen LogP contribution in [0.5, 0.6) is 0 Å². The van der Waals surface area contributed by atoms with E-state index in [4.69, 9.17) is 5.73 Å². The van der Waals surface area contributed by atoms with Gasteiger partial charge in [-0.1, -0.05) is 18.3 Å². The maximum Gasteiger partial charge on any atom is 0.306 e. The fourth-order valence-corrected chi connectivity index (χ4v) is 2.97. The van der Waals surface area contributed by atoms with Crippen LogP contribution < -0.4 is 10.5 Å². The van der Waals surface area contributed by atoms with E-state index in [-0.39, 0.29) is 28.4 Å². The smallest absolute Gasteiger partial charge is 0.306 e. The van der Waals surface area contributed by atoms with Gasteiger partial charge in [0.05, 0.1) is 24.0 Å². The van der Waals surface area contributed by atoms with Crippen LogP contribution in [0.2, 0.25) is 0 Å². The van der Waals surface area contributed by atoms with Crippen LogP contribution in [0.1, 0.15) is 12.0 Å². The molecular weight excluding hydrogens is 307 g/mol. The number of methoxy groups -OCH3 is 1. The number of carbonyl (C=O) groups excluding carboxylic acids is 1. The molecule has 0 aliphatic carbocycles. The highest BCUT2D eigenvalue weighted by Crippen LogP contribution is 2.18. The van der Waals surface area contributed by atoms with Gasteiger partial charge in [0.2, 0.25) is 10.0 Å². The zero-order chi connectivity index (χ0) is 15.3. The standard InChI is InChI=1S/C11H13FN2O4S2/c1-18-9(15)5-6-14-20(16,17)8-4-2-3-7(12)10(8)11(13)19/h2-4,14H,5-6H2,1H3,(H2,13,19). The van der Waals surface area contributed by atoms with Crippen LogP contribution in [-0.4, -0.2) is 33.0 Å². The third-order valence-corrected chi connectivity index (χ3v) is 4.07. The SMILES string of the molecule is COC(=O)CCNS(=O)(=O)c1cccc(F)c1C(N)=S. The van der Waals surface area contributed by atoms with Gasteiger partial charge in [-0.15, -0.1) is 0 Å². The van der Waals surface area contributed by atoms with E-state index in [0.717, 1.165) is 6.07 Å². The minimum Gasteiger partial charge on any atom is -0.469 e. The van der Waals surface area contributed by atoms with Crippen LogP contribution >= 0.6 is 12.2 Å². The number of nitrogens with one attached hydrogen (secondary N) is 1. The molecule has 1 aromatic carbocycles. The van der Waals surface area contributed by atoms with Crippen molar-refractivity contribution in [2.75, 3.05) is 13.7 Å². The molecule has 0 atom stereocenters. The maximum absolute atomic E-state index is 13.6. The van der Waals surface area contributed by atoms with Gasteiger partial charge >= 0.3 is 5.97 Å². The predicted octanol–water partition coefficient (Wildman–Crippen LogP) is 0.301. The molecular formula is C11H13FN2O4S2. The lowest BCUT2D eigenvalue weighted by Crippen LogP contribution is -2.29. The highest BCUT2D eigenvalue weighted by Gasteiger charge is 2.22. The van der Waals surface area contributed by atoms with Gasteiger partial charge in [-0.25, -0.2) is 17.5 Å². The molecule has 9 heteroatoms. The fourth-order valence-electron chi connectivity index (χ4n) is 1.43. The Labute approximate surface area is 121 Å². The fraction of sp³-hybridized carbons (Fsp3) is 0.273. The summed E-state index contributed by atoms with van der Waals surface area (Å²) in [5.74, 6) is -1.39. The second-order valence-electron chi connectivity index (χ2n) is 3.70. The molecule has 0 radical (unpaired) electrons. The van der Waals surface area contributed by atoms with Crippen molar-refractivity contribution in [2.45, 2.75) is 11.3 Å². The molecule has 20 heavy (non-hydrogen) atoms. The Morgan fingerprint density at radius 1 is 1.50 bits per heavy atom.